The Morgan fingerprint density at radius 3 is 2.29 bits per heavy atom. The summed E-state index contributed by atoms with van der Waals surface area (Å²) in [5.41, 5.74) is 1.63. The molecule has 2 aromatic carbocycles. The van der Waals surface area contributed by atoms with E-state index in [-0.39, 0.29) is 5.91 Å². The van der Waals surface area contributed by atoms with Crippen molar-refractivity contribution in [2.75, 3.05) is 38.2 Å². The molecule has 0 aromatic heterocycles. The molecular formula is C18H18Cl2N2O2. The summed E-state index contributed by atoms with van der Waals surface area (Å²) in [6.07, 6.45) is 0. The van der Waals surface area contributed by atoms with E-state index in [4.69, 9.17) is 27.9 Å². The van der Waals surface area contributed by atoms with Gasteiger partial charge in [0.15, 0.2) is 0 Å². The van der Waals surface area contributed by atoms with Crippen LogP contribution >= 0.6 is 23.2 Å². The lowest BCUT2D eigenvalue weighted by atomic mass is 10.1. The minimum Gasteiger partial charge on any atom is -0.497 e. The fourth-order valence-corrected chi connectivity index (χ4v) is 3.36. The highest BCUT2D eigenvalue weighted by molar-refractivity contribution is 6.35. The van der Waals surface area contributed by atoms with E-state index in [9.17, 15) is 4.79 Å². The van der Waals surface area contributed by atoms with Crippen LogP contribution in [-0.2, 0) is 0 Å². The molecule has 1 amide bonds. The van der Waals surface area contributed by atoms with Crippen molar-refractivity contribution < 1.29 is 9.53 Å². The molecule has 2 aromatic rings. The predicted molar refractivity (Wildman–Crippen MR) is 97.6 cm³/mol. The fraction of sp³-hybridized carbons (Fsp3) is 0.278. The van der Waals surface area contributed by atoms with E-state index in [1.54, 1.807) is 25.3 Å². The van der Waals surface area contributed by atoms with Crippen molar-refractivity contribution >= 4 is 34.8 Å². The molecule has 24 heavy (non-hydrogen) atoms. The van der Waals surface area contributed by atoms with Gasteiger partial charge in [-0.2, -0.15) is 0 Å². The normalized spacial score (nSPS) is 14.6. The lowest BCUT2D eigenvalue weighted by molar-refractivity contribution is 0.0747. The molecule has 0 unspecified atom stereocenters. The number of benzene rings is 2. The van der Waals surface area contributed by atoms with Gasteiger partial charge in [-0.25, -0.2) is 0 Å². The van der Waals surface area contributed by atoms with Gasteiger partial charge in [-0.3, -0.25) is 4.79 Å². The zero-order valence-electron chi connectivity index (χ0n) is 13.3. The van der Waals surface area contributed by atoms with Crippen LogP contribution in [0.1, 0.15) is 10.4 Å². The maximum absolute atomic E-state index is 12.6. The minimum absolute atomic E-state index is 0.0373. The summed E-state index contributed by atoms with van der Waals surface area (Å²) in [4.78, 5) is 16.7. The number of carbonyl (C=O) groups excluding carboxylic acids is 1. The number of anilines is 1. The average molecular weight is 365 g/mol. The summed E-state index contributed by atoms with van der Waals surface area (Å²) in [7, 11) is 1.66. The maximum Gasteiger partial charge on any atom is 0.254 e. The molecule has 1 aliphatic rings. The summed E-state index contributed by atoms with van der Waals surface area (Å²) in [5.74, 6) is 0.796. The van der Waals surface area contributed by atoms with Crippen LogP contribution in [0.5, 0.6) is 5.75 Å². The third-order valence-electron chi connectivity index (χ3n) is 4.09. The number of nitrogens with zero attached hydrogens (tertiary/aromatic N) is 2. The molecule has 1 heterocycles. The van der Waals surface area contributed by atoms with E-state index in [1.165, 1.54) is 0 Å². The van der Waals surface area contributed by atoms with Crippen LogP contribution in [0.3, 0.4) is 0 Å². The molecule has 0 bridgehead atoms. The quantitative estimate of drug-likeness (QED) is 0.825. The van der Waals surface area contributed by atoms with Crippen molar-refractivity contribution in [3.05, 3.63) is 58.1 Å². The predicted octanol–water partition coefficient (Wildman–Crippen LogP) is 3.96. The van der Waals surface area contributed by atoms with Crippen LogP contribution in [0.2, 0.25) is 10.0 Å². The Kier molecular flexibility index (Phi) is 5.17. The Hall–Kier alpha value is -1.91. The van der Waals surface area contributed by atoms with Crippen LogP contribution in [-0.4, -0.2) is 44.1 Å². The fourth-order valence-electron chi connectivity index (χ4n) is 2.83. The lowest BCUT2D eigenvalue weighted by Gasteiger charge is -2.36. The molecule has 3 rings (SSSR count). The largest absolute Gasteiger partial charge is 0.497 e. The molecule has 0 N–H and O–H groups in total. The first-order chi connectivity index (χ1) is 11.6. The Labute approximate surface area is 151 Å². The maximum atomic E-state index is 12.6. The highest BCUT2D eigenvalue weighted by atomic mass is 35.5. The zero-order valence-corrected chi connectivity index (χ0v) is 14.8. The van der Waals surface area contributed by atoms with E-state index < -0.39 is 0 Å². The number of carbonyl (C=O) groups is 1. The first-order valence-electron chi connectivity index (χ1n) is 7.71. The molecule has 126 valence electrons. The number of hydrogen-bond donors (Lipinski definition) is 0. The van der Waals surface area contributed by atoms with Crippen LogP contribution in [0.4, 0.5) is 5.69 Å². The van der Waals surface area contributed by atoms with Gasteiger partial charge in [-0.15, -0.1) is 0 Å². The molecule has 0 radical (unpaired) electrons. The second-order valence-corrected chi connectivity index (χ2v) is 6.51. The summed E-state index contributed by atoms with van der Waals surface area (Å²) in [6.45, 7) is 2.85. The minimum atomic E-state index is -0.0373. The lowest BCUT2D eigenvalue weighted by Crippen LogP contribution is -2.48. The van der Waals surface area contributed by atoms with Crippen molar-refractivity contribution in [3.8, 4) is 5.75 Å². The van der Waals surface area contributed by atoms with E-state index in [2.05, 4.69) is 11.0 Å². The zero-order chi connectivity index (χ0) is 17.1. The molecule has 6 heteroatoms. The average Bonchev–Trinajstić information content (AvgIpc) is 2.60. The van der Waals surface area contributed by atoms with Crippen LogP contribution in [0.15, 0.2) is 42.5 Å². The van der Waals surface area contributed by atoms with E-state index >= 15 is 0 Å². The SMILES string of the molecule is COc1cccc(N2CCN(C(=O)c3cc(Cl)cc(Cl)c3)CC2)c1. The van der Waals surface area contributed by atoms with Gasteiger partial charge in [-0.1, -0.05) is 29.3 Å². The van der Waals surface area contributed by atoms with Gasteiger partial charge in [0, 0.05) is 53.5 Å². The van der Waals surface area contributed by atoms with Crippen molar-refractivity contribution in [2.24, 2.45) is 0 Å². The monoisotopic (exact) mass is 364 g/mol. The number of methoxy groups -OCH3 is 1. The van der Waals surface area contributed by atoms with E-state index in [0.717, 1.165) is 24.5 Å². The Morgan fingerprint density at radius 1 is 1.00 bits per heavy atom. The van der Waals surface area contributed by atoms with E-state index in [0.29, 0.717) is 28.7 Å². The van der Waals surface area contributed by atoms with Gasteiger partial charge in [0.1, 0.15) is 5.75 Å². The molecule has 0 aliphatic carbocycles. The van der Waals surface area contributed by atoms with Crippen LogP contribution in [0.25, 0.3) is 0 Å². The van der Waals surface area contributed by atoms with Gasteiger partial charge >= 0.3 is 0 Å². The third kappa shape index (κ3) is 3.77. The number of rotatable bonds is 3. The molecule has 0 spiro atoms. The third-order valence-corrected chi connectivity index (χ3v) is 4.53. The van der Waals surface area contributed by atoms with Gasteiger partial charge in [0.2, 0.25) is 0 Å². The molecule has 1 aliphatic heterocycles. The molecule has 0 atom stereocenters. The van der Waals surface area contributed by atoms with Crippen molar-refractivity contribution in [3.63, 3.8) is 0 Å². The molecular weight excluding hydrogens is 347 g/mol. The second-order valence-electron chi connectivity index (χ2n) is 5.64. The molecule has 1 saturated heterocycles. The van der Waals surface area contributed by atoms with Crippen LogP contribution < -0.4 is 9.64 Å². The molecule has 1 fully saturated rings. The molecule has 4 nitrogen and oxygen atoms in total. The van der Waals surface area contributed by atoms with Gasteiger partial charge in [0.25, 0.3) is 5.91 Å². The highest BCUT2D eigenvalue weighted by Crippen LogP contribution is 2.24. The van der Waals surface area contributed by atoms with Gasteiger partial charge < -0.3 is 14.5 Å². The first-order valence-corrected chi connectivity index (χ1v) is 8.47. The van der Waals surface area contributed by atoms with Crippen molar-refractivity contribution in [2.45, 2.75) is 0 Å². The summed E-state index contributed by atoms with van der Waals surface area (Å²) >= 11 is 12.0. The van der Waals surface area contributed by atoms with Gasteiger partial charge in [-0.05, 0) is 30.3 Å². The number of hydrogen-bond acceptors (Lipinski definition) is 3. The standard InChI is InChI=1S/C18H18Cl2N2O2/c1-24-17-4-2-3-16(12-17)21-5-7-22(8-6-21)18(23)13-9-14(19)11-15(20)10-13/h2-4,9-12H,5-8H2,1H3. The van der Waals surface area contributed by atoms with Crippen molar-refractivity contribution in [1.82, 2.24) is 4.90 Å². The molecule has 0 saturated carbocycles. The number of amides is 1. The topological polar surface area (TPSA) is 32.8 Å². The highest BCUT2D eigenvalue weighted by Gasteiger charge is 2.23. The van der Waals surface area contributed by atoms with Crippen molar-refractivity contribution in [1.29, 1.82) is 0 Å². The Bertz CT molecular complexity index is 723. The number of piperazine rings is 1. The number of halogens is 2. The van der Waals surface area contributed by atoms with Crippen LogP contribution in [0, 0.1) is 0 Å². The summed E-state index contributed by atoms with van der Waals surface area (Å²) < 4.78 is 5.27. The van der Waals surface area contributed by atoms with Gasteiger partial charge in [0.05, 0.1) is 7.11 Å². The first kappa shape index (κ1) is 16.9. The Morgan fingerprint density at radius 2 is 1.67 bits per heavy atom. The summed E-state index contributed by atoms with van der Waals surface area (Å²) in [5, 5.41) is 0.946. The number of ether oxygens (including phenoxy) is 1. The summed E-state index contributed by atoms with van der Waals surface area (Å²) in [6, 6.07) is 12.9. The smallest absolute Gasteiger partial charge is 0.254 e. The second kappa shape index (κ2) is 7.32. The van der Waals surface area contributed by atoms with E-state index in [1.807, 2.05) is 23.1 Å². The Balaban J connectivity index is 1.67.